The van der Waals surface area contributed by atoms with Crippen LogP contribution in [-0.2, 0) is 33.7 Å². The van der Waals surface area contributed by atoms with Gasteiger partial charge in [0.25, 0.3) is 0 Å². The fourth-order valence-corrected chi connectivity index (χ4v) is 2.71. The van der Waals surface area contributed by atoms with Crippen LogP contribution in [0.1, 0.15) is 81.0 Å². The number of amides is 1. The first kappa shape index (κ1) is 34.7. The van der Waals surface area contributed by atoms with Crippen LogP contribution in [0, 0.1) is 0 Å². The van der Waals surface area contributed by atoms with Crippen LogP contribution in [0.25, 0.3) is 0 Å². The Hall–Kier alpha value is -2.90. The molecule has 0 fully saturated rings. The van der Waals surface area contributed by atoms with Crippen LogP contribution in [-0.4, -0.2) is 44.1 Å². The molecule has 190 valence electrons. The molecule has 0 saturated carbocycles. The van der Waals surface area contributed by atoms with Gasteiger partial charge in [-0.3, -0.25) is 9.59 Å². The van der Waals surface area contributed by atoms with Crippen LogP contribution in [0.4, 0.5) is 0 Å². The molecule has 0 aliphatic carbocycles. The molecule has 0 unspecified atom stereocenters. The zero-order valence-corrected chi connectivity index (χ0v) is 17.4. The summed E-state index contributed by atoms with van der Waals surface area (Å²) in [5.74, 6) is -0.0973. The highest BCUT2D eigenvalue weighted by Crippen LogP contribution is 2.11. The van der Waals surface area contributed by atoms with Gasteiger partial charge in [0.15, 0.2) is 0 Å². The van der Waals surface area contributed by atoms with Crippen LogP contribution >= 0.6 is 0 Å². The number of benzene rings is 1. The minimum atomic E-state index is -0.454. The summed E-state index contributed by atoms with van der Waals surface area (Å²) in [7, 11) is 0. The normalized spacial score (nSPS) is 9.91. The maximum Gasteiger partial charge on any atom is 0.306 e. The first-order valence-corrected chi connectivity index (χ1v) is 9.87. The molecule has 0 bridgehead atoms. The lowest BCUT2D eigenvalue weighted by molar-refractivity contribution is -0.154. The molecule has 8 heteroatoms. The molecular weight excluding hydrogens is 420 g/mol. The molecule has 0 aliphatic heterocycles. The van der Waals surface area contributed by atoms with Gasteiger partial charge in [-0.05, 0) is 64.2 Å². The molecule has 0 spiro atoms. The fourth-order valence-electron chi connectivity index (χ4n) is 2.71. The van der Waals surface area contributed by atoms with E-state index in [0.29, 0.717) is 25.8 Å². The largest absolute Gasteiger partial charge is 0.508 e. The van der Waals surface area contributed by atoms with Crippen molar-refractivity contribution in [2.24, 2.45) is 0 Å². The lowest BCUT2D eigenvalue weighted by atomic mass is 10.1. The number of nitrogens with one attached hydrogen (secondary N) is 1. The predicted molar refractivity (Wildman–Crippen MR) is 135 cm³/mol. The average molecular weight is 467 g/mol. The maximum absolute atomic E-state index is 12.0. The minimum Gasteiger partial charge on any atom is -0.508 e. The molecule has 0 aliphatic rings. The van der Waals surface area contributed by atoms with Crippen molar-refractivity contribution in [2.75, 3.05) is 6.54 Å². The van der Waals surface area contributed by atoms with Gasteiger partial charge in [-0.1, -0.05) is 47.1 Å². The molecule has 0 radical (unpaired) electrons. The smallest absolute Gasteiger partial charge is 0.306 e. The van der Waals surface area contributed by atoms with Crippen LogP contribution < -0.4 is 5.32 Å². The van der Waals surface area contributed by atoms with E-state index in [1.807, 2.05) is 32.9 Å². The molecule has 0 saturated heterocycles. The zero-order valence-electron chi connectivity index (χ0n) is 17.4. The fraction of sp³-hybridized carbons (Fsp3) is 0.600. The van der Waals surface area contributed by atoms with Gasteiger partial charge in [0, 0.05) is 19.2 Å². The van der Waals surface area contributed by atoms with E-state index in [4.69, 9.17) is 4.74 Å². The van der Waals surface area contributed by atoms with Crippen molar-refractivity contribution < 1.29 is 19.4 Å². The Balaban J connectivity index is -0.00000225. The number of rotatable bonds is 10. The summed E-state index contributed by atoms with van der Waals surface area (Å²) in [6.07, 6.45) is 5.05. The number of esters is 1. The number of aryl methyl sites for hydroxylation is 1. The standard InChI is InChI=1S/C21H30N4O4.4CH4/c1-21(2,3)29-20(28)7-5-4-6-17-14-25(24-23-17)15-19(27)22-13-12-16-8-10-18(26)11-9-16;;;;/h8-11,14,26H,4-7,12-13,15H2,1-3H3,(H,22,27);4*1H4. The number of phenolic OH excluding ortho intramolecular Hbond substituents is 1. The molecule has 0 atom stereocenters. The summed E-state index contributed by atoms with van der Waals surface area (Å²) in [4.78, 5) is 23.7. The molecule has 2 rings (SSSR count). The quantitative estimate of drug-likeness (QED) is 0.379. The molecule has 1 aromatic heterocycles. The Bertz CT molecular complexity index is 795. The summed E-state index contributed by atoms with van der Waals surface area (Å²) >= 11 is 0. The molecular formula is C25H46N4O4. The minimum absolute atomic E-state index is 0. The zero-order chi connectivity index (χ0) is 21.3. The number of hydrogen-bond donors (Lipinski definition) is 2. The molecule has 1 aromatic carbocycles. The van der Waals surface area contributed by atoms with E-state index in [0.717, 1.165) is 24.1 Å². The molecule has 2 N–H and O–H groups in total. The van der Waals surface area contributed by atoms with Gasteiger partial charge in [0.2, 0.25) is 5.91 Å². The summed E-state index contributed by atoms with van der Waals surface area (Å²) in [5.41, 5.74) is 1.38. The first-order chi connectivity index (χ1) is 13.7. The van der Waals surface area contributed by atoms with Crippen LogP contribution in [0.3, 0.4) is 0 Å². The Kier molecular flexibility index (Phi) is 17.6. The third kappa shape index (κ3) is 14.7. The van der Waals surface area contributed by atoms with Crippen molar-refractivity contribution in [3.8, 4) is 5.75 Å². The Labute approximate surface area is 200 Å². The highest BCUT2D eigenvalue weighted by molar-refractivity contribution is 5.75. The summed E-state index contributed by atoms with van der Waals surface area (Å²) in [6, 6.07) is 6.91. The second-order valence-corrected chi connectivity index (χ2v) is 7.97. The molecule has 2 aromatic rings. The summed E-state index contributed by atoms with van der Waals surface area (Å²) in [6.45, 7) is 6.18. The van der Waals surface area contributed by atoms with Crippen molar-refractivity contribution in [1.82, 2.24) is 20.3 Å². The lowest BCUT2D eigenvalue weighted by Gasteiger charge is -2.19. The monoisotopic (exact) mass is 466 g/mol. The number of carbonyl (C=O) groups excluding carboxylic acids is 2. The number of unbranched alkanes of at least 4 members (excludes halogenated alkanes) is 1. The number of phenols is 1. The SMILES string of the molecule is C.C.C.C.CC(C)(C)OC(=O)CCCCc1cn(CC(=O)NCCc2ccc(O)cc2)nn1. The van der Waals surface area contributed by atoms with Gasteiger partial charge in [0.05, 0.1) is 5.69 Å². The van der Waals surface area contributed by atoms with Crippen LogP contribution in [0.2, 0.25) is 0 Å². The van der Waals surface area contributed by atoms with E-state index >= 15 is 0 Å². The van der Waals surface area contributed by atoms with Gasteiger partial charge in [-0.2, -0.15) is 0 Å². The average Bonchev–Trinajstić information content (AvgIpc) is 3.06. The van der Waals surface area contributed by atoms with Crippen molar-refractivity contribution in [2.45, 2.75) is 94.7 Å². The van der Waals surface area contributed by atoms with E-state index in [1.165, 1.54) is 4.68 Å². The predicted octanol–water partition coefficient (Wildman–Crippen LogP) is 4.94. The second kappa shape index (κ2) is 16.7. The van der Waals surface area contributed by atoms with Gasteiger partial charge in [-0.15, -0.1) is 5.10 Å². The van der Waals surface area contributed by atoms with Gasteiger partial charge in [0.1, 0.15) is 17.9 Å². The van der Waals surface area contributed by atoms with E-state index in [2.05, 4.69) is 15.6 Å². The lowest BCUT2D eigenvalue weighted by Crippen LogP contribution is -2.29. The van der Waals surface area contributed by atoms with E-state index in [1.54, 1.807) is 18.3 Å². The molecule has 1 amide bonds. The van der Waals surface area contributed by atoms with Crippen molar-refractivity contribution in [3.05, 3.63) is 41.7 Å². The third-order valence-electron chi connectivity index (χ3n) is 4.05. The number of aromatic hydroxyl groups is 1. The highest BCUT2D eigenvalue weighted by atomic mass is 16.6. The van der Waals surface area contributed by atoms with Crippen LogP contribution in [0.15, 0.2) is 30.5 Å². The molecule has 8 nitrogen and oxygen atoms in total. The van der Waals surface area contributed by atoms with E-state index in [-0.39, 0.29) is 53.9 Å². The summed E-state index contributed by atoms with van der Waals surface area (Å²) < 4.78 is 6.79. The molecule has 1 heterocycles. The van der Waals surface area contributed by atoms with Gasteiger partial charge >= 0.3 is 5.97 Å². The van der Waals surface area contributed by atoms with Crippen molar-refractivity contribution in [1.29, 1.82) is 0 Å². The van der Waals surface area contributed by atoms with Crippen molar-refractivity contribution in [3.63, 3.8) is 0 Å². The first-order valence-electron chi connectivity index (χ1n) is 9.87. The Morgan fingerprint density at radius 3 is 2.27 bits per heavy atom. The number of aromatic nitrogens is 3. The second-order valence-electron chi connectivity index (χ2n) is 7.97. The Morgan fingerprint density at radius 2 is 1.67 bits per heavy atom. The topological polar surface area (TPSA) is 106 Å². The van der Waals surface area contributed by atoms with Gasteiger partial charge < -0.3 is 15.2 Å². The number of hydrogen-bond acceptors (Lipinski definition) is 6. The van der Waals surface area contributed by atoms with Crippen molar-refractivity contribution >= 4 is 11.9 Å². The van der Waals surface area contributed by atoms with E-state index < -0.39 is 5.60 Å². The summed E-state index contributed by atoms with van der Waals surface area (Å²) in [5, 5.41) is 20.2. The number of carbonyl (C=O) groups is 2. The molecule has 33 heavy (non-hydrogen) atoms. The van der Waals surface area contributed by atoms with E-state index in [9.17, 15) is 14.7 Å². The maximum atomic E-state index is 12.0. The number of ether oxygens (including phenoxy) is 1. The highest BCUT2D eigenvalue weighted by Gasteiger charge is 2.15. The third-order valence-corrected chi connectivity index (χ3v) is 4.05. The van der Waals surface area contributed by atoms with Crippen LogP contribution in [0.5, 0.6) is 5.75 Å². The number of nitrogens with zero attached hydrogens (tertiary/aromatic N) is 3. The van der Waals surface area contributed by atoms with Gasteiger partial charge in [-0.25, -0.2) is 4.68 Å². The Morgan fingerprint density at radius 1 is 1.03 bits per heavy atom.